The van der Waals surface area contributed by atoms with Crippen LogP contribution in [-0.4, -0.2) is 20.2 Å². The van der Waals surface area contributed by atoms with Gasteiger partial charge in [0.1, 0.15) is 0 Å². The summed E-state index contributed by atoms with van der Waals surface area (Å²) in [4.78, 5) is 11.4. The van der Waals surface area contributed by atoms with Gasteiger partial charge in [0.15, 0.2) is 0 Å². The van der Waals surface area contributed by atoms with E-state index in [0.717, 1.165) is 35.4 Å². The highest BCUT2D eigenvalue weighted by atomic mass is 16.4. The highest BCUT2D eigenvalue weighted by Gasteiger charge is 2.30. The molecule has 31 heavy (non-hydrogen) atoms. The summed E-state index contributed by atoms with van der Waals surface area (Å²) in [6.07, 6.45) is 1.92. The van der Waals surface area contributed by atoms with Gasteiger partial charge in [-0.05, 0) is 42.2 Å². The topological polar surface area (TPSA) is 47.2 Å². The second kappa shape index (κ2) is 7.02. The first-order valence-electron chi connectivity index (χ1n) is 10.6. The number of fused-ring (bicyclic) bond motifs is 6. The van der Waals surface area contributed by atoms with Gasteiger partial charge in [-0.3, -0.25) is 0 Å². The van der Waals surface area contributed by atoms with Crippen LogP contribution in [0.1, 0.15) is 44.3 Å². The first-order valence-corrected chi connectivity index (χ1v) is 10.6. The molecule has 2 aromatic heterocycles. The maximum Gasteiger partial charge on any atom is 0.338 e. The number of hydrogen-bond donors (Lipinski definition) is 1. The second-order valence-corrected chi connectivity index (χ2v) is 8.52. The van der Waals surface area contributed by atoms with Crippen LogP contribution in [0.25, 0.3) is 22.3 Å². The SMILES string of the molecule is Cc1c(C(=O)O)c2c(n1C)Cc1ccccc1-2.Cc1cc2c(n1C)Cc1ccccc1-2. The van der Waals surface area contributed by atoms with Crippen LogP contribution in [-0.2, 0) is 26.9 Å². The molecule has 0 spiro atoms. The zero-order valence-corrected chi connectivity index (χ0v) is 18.4. The van der Waals surface area contributed by atoms with Crippen LogP contribution in [0.2, 0.25) is 0 Å². The number of carbonyl (C=O) groups is 1. The van der Waals surface area contributed by atoms with Crippen LogP contribution in [0.4, 0.5) is 0 Å². The smallest absolute Gasteiger partial charge is 0.338 e. The van der Waals surface area contributed by atoms with Crippen molar-refractivity contribution in [2.45, 2.75) is 26.7 Å². The lowest BCUT2D eigenvalue weighted by molar-refractivity contribution is 0.0697. The second-order valence-electron chi connectivity index (χ2n) is 8.52. The molecular weight excluding hydrogens is 384 g/mol. The van der Waals surface area contributed by atoms with Crippen molar-refractivity contribution in [1.29, 1.82) is 0 Å². The maximum absolute atomic E-state index is 11.4. The predicted octanol–water partition coefficient (Wildman–Crippen LogP) is 5.51. The molecular formula is C27H26N2O2. The molecule has 6 rings (SSSR count). The Hall–Kier alpha value is -3.53. The molecule has 0 unspecified atom stereocenters. The maximum atomic E-state index is 11.4. The number of carboxylic acids is 1. The Labute approximate surface area is 182 Å². The molecule has 0 amide bonds. The fourth-order valence-corrected chi connectivity index (χ4v) is 5.07. The summed E-state index contributed by atoms with van der Waals surface area (Å²) >= 11 is 0. The highest BCUT2D eigenvalue weighted by molar-refractivity contribution is 6.00. The van der Waals surface area contributed by atoms with E-state index in [1.54, 1.807) is 0 Å². The fourth-order valence-electron chi connectivity index (χ4n) is 5.07. The largest absolute Gasteiger partial charge is 0.478 e. The first-order chi connectivity index (χ1) is 14.9. The standard InChI is InChI=1S/C14H13NO2.C13H13N/c1-8-12(14(16)17)13-10-6-4-3-5-9(10)7-11(13)15(8)2;1-9-7-12-11-6-4-3-5-10(11)8-13(12)14(9)2/h3-6H,7H2,1-2H3,(H,16,17);3-7H,8H2,1-2H3. The first kappa shape index (κ1) is 19.4. The van der Waals surface area contributed by atoms with E-state index in [2.05, 4.69) is 54.9 Å². The predicted molar refractivity (Wildman–Crippen MR) is 124 cm³/mol. The van der Waals surface area contributed by atoms with E-state index in [-0.39, 0.29) is 0 Å². The molecule has 0 saturated heterocycles. The van der Waals surface area contributed by atoms with Gasteiger partial charge in [-0.25, -0.2) is 4.79 Å². The van der Waals surface area contributed by atoms with Crippen molar-refractivity contribution in [2.24, 2.45) is 14.1 Å². The third kappa shape index (κ3) is 2.86. The van der Waals surface area contributed by atoms with Gasteiger partial charge in [0.05, 0.1) is 5.56 Å². The Morgan fingerprint density at radius 1 is 0.806 bits per heavy atom. The van der Waals surface area contributed by atoms with Crippen molar-refractivity contribution in [2.75, 3.05) is 0 Å². The van der Waals surface area contributed by atoms with Gasteiger partial charge in [0.25, 0.3) is 0 Å². The lowest BCUT2D eigenvalue weighted by Crippen LogP contribution is -2.02. The summed E-state index contributed by atoms with van der Waals surface area (Å²) in [5.41, 5.74) is 12.7. The third-order valence-electron chi connectivity index (χ3n) is 6.93. The van der Waals surface area contributed by atoms with Gasteiger partial charge >= 0.3 is 5.97 Å². The normalized spacial score (nSPS) is 12.5. The molecule has 0 saturated carbocycles. The summed E-state index contributed by atoms with van der Waals surface area (Å²) < 4.78 is 4.30. The van der Waals surface area contributed by atoms with E-state index in [0.29, 0.717) is 5.56 Å². The van der Waals surface area contributed by atoms with Gasteiger partial charge < -0.3 is 14.2 Å². The molecule has 4 nitrogen and oxygen atoms in total. The number of aromatic nitrogens is 2. The average Bonchev–Trinajstić information content (AvgIpc) is 3.45. The van der Waals surface area contributed by atoms with Crippen molar-refractivity contribution in [3.8, 4) is 22.3 Å². The van der Waals surface area contributed by atoms with Crippen molar-refractivity contribution in [3.63, 3.8) is 0 Å². The van der Waals surface area contributed by atoms with Crippen LogP contribution >= 0.6 is 0 Å². The highest BCUT2D eigenvalue weighted by Crippen LogP contribution is 2.41. The molecule has 2 aliphatic carbocycles. The lowest BCUT2D eigenvalue weighted by atomic mass is 10.0. The summed E-state index contributed by atoms with van der Waals surface area (Å²) in [6.45, 7) is 4.03. The molecule has 2 heterocycles. The molecule has 156 valence electrons. The van der Waals surface area contributed by atoms with Gasteiger partial charge in [-0.15, -0.1) is 0 Å². The van der Waals surface area contributed by atoms with Gasteiger partial charge in [-0.2, -0.15) is 0 Å². The number of aryl methyl sites for hydroxylation is 1. The molecule has 0 atom stereocenters. The van der Waals surface area contributed by atoms with E-state index in [1.807, 2.05) is 36.7 Å². The van der Waals surface area contributed by atoms with E-state index in [4.69, 9.17) is 0 Å². The Morgan fingerprint density at radius 3 is 2.06 bits per heavy atom. The van der Waals surface area contributed by atoms with Crippen molar-refractivity contribution < 1.29 is 9.90 Å². The molecule has 1 N–H and O–H groups in total. The minimum Gasteiger partial charge on any atom is -0.478 e. The number of nitrogens with zero attached hydrogens (tertiary/aromatic N) is 2. The van der Waals surface area contributed by atoms with Crippen molar-refractivity contribution in [3.05, 3.63) is 94.1 Å². The van der Waals surface area contributed by atoms with Gasteiger partial charge in [0.2, 0.25) is 0 Å². The number of hydrogen-bond acceptors (Lipinski definition) is 1. The van der Waals surface area contributed by atoms with E-state index in [9.17, 15) is 9.90 Å². The Balaban J connectivity index is 0.000000134. The van der Waals surface area contributed by atoms with Crippen LogP contribution in [0.5, 0.6) is 0 Å². The molecule has 4 heteroatoms. The van der Waals surface area contributed by atoms with E-state index in [1.165, 1.54) is 33.6 Å². The Morgan fingerprint density at radius 2 is 1.39 bits per heavy atom. The van der Waals surface area contributed by atoms with Crippen LogP contribution < -0.4 is 0 Å². The molecule has 2 aromatic carbocycles. The molecule has 0 aliphatic heterocycles. The van der Waals surface area contributed by atoms with Crippen molar-refractivity contribution >= 4 is 5.97 Å². The summed E-state index contributed by atoms with van der Waals surface area (Å²) in [5.74, 6) is -0.837. The van der Waals surface area contributed by atoms with Crippen molar-refractivity contribution in [1.82, 2.24) is 9.13 Å². The lowest BCUT2D eigenvalue weighted by Gasteiger charge is -2.03. The van der Waals surface area contributed by atoms with Gasteiger partial charge in [-0.1, -0.05) is 48.5 Å². The van der Waals surface area contributed by atoms with E-state index < -0.39 is 5.97 Å². The zero-order valence-electron chi connectivity index (χ0n) is 18.4. The van der Waals surface area contributed by atoms with Crippen LogP contribution in [0.15, 0.2) is 54.6 Å². The molecule has 0 bridgehead atoms. The summed E-state index contributed by atoms with van der Waals surface area (Å²) in [7, 11) is 4.09. The molecule has 2 aliphatic rings. The minimum atomic E-state index is -0.837. The summed E-state index contributed by atoms with van der Waals surface area (Å²) in [6, 6.07) is 19.0. The quantitative estimate of drug-likeness (QED) is 0.389. The minimum absolute atomic E-state index is 0.451. The zero-order chi connectivity index (χ0) is 21.9. The Bertz CT molecular complexity index is 1350. The monoisotopic (exact) mass is 410 g/mol. The fraction of sp³-hybridized carbons (Fsp3) is 0.222. The molecule has 4 aromatic rings. The third-order valence-corrected chi connectivity index (χ3v) is 6.93. The average molecular weight is 411 g/mol. The number of aromatic carboxylic acids is 1. The van der Waals surface area contributed by atoms with Gasteiger partial charge in [0, 0.05) is 60.8 Å². The van der Waals surface area contributed by atoms with Crippen LogP contribution in [0, 0.1) is 13.8 Å². The van der Waals surface area contributed by atoms with E-state index >= 15 is 0 Å². The Kier molecular flexibility index (Phi) is 4.40. The van der Waals surface area contributed by atoms with Crippen LogP contribution in [0.3, 0.4) is 0 Å². The molecule has 0 radical (unpaired) electrons. The summed E-state index contributed by atoms with van der Waals surface area (Å²) in [5, 5.41) is 9.36. The number of rotatable bonds is 1. The number of benzene rings is 2. The molecule has 0 fully saturated rings. The number of carboxylic acid groups (broad SMARTS) is 1.